The molecule has 21 heavy (non-hydrogen) atoms. The molecule has 1 aliphatic rings. The first-order chi connectivity index (χ1) is 10.3. The molecule has 2 aromatic rings. The van der Waals surface area contributed by atoms with Gasteiger partial charge in [0, 0.05) is 37.4 Å². The van der Waals surface area contributed by atoms with Gasteiger partial charge in [-0.15, -0.1) is 0 Å². The lowest BCUT2D eigenvalue weighted by Gasteiger charge is -2.01. The zero-order valence-corrected chi connectivity index (χ0v) is 11.6. The van der Waals surface area contributed by atoms with Crippen molar-refractivity contribution in [1.82, 2.24) is 15.3 Å². The summed E-state index contributed by atoms with van der Waals surface area (Å²) in [5.41, 5.74) is 3.23. The maximum Gasteiger partial charge on any atom is 0.244 e. The Balaban J connectivity index is 1.50. The number of fused-ring (bicyclic) bond motifs is 1. The van der Waals surface area contributed by atoms with Crippen LogP contribution in [-0.4, -0.2) is 29.0 Å². The molecule has 108 valence electrons. The van der Waals surface area contributed by atoms with Gasteiger partial charge in [-0.25, -0.2) is 4.98 Å². The zero-order valence-electron chi connectivity index (χ0n) is 11.6. The molecule has 5 heteroatoms. The highest BCUT2D eigenvalue weighted by Gasteiger charge is 2.11. The third-order valence-corrected chi connectivity index (χ3v) is 3.39. The average molecular weight is 283 g/mol. The fourth-order valence-corrected chi connectivity index (χ4v) is 2.28. The second kappa shape index (κ2) is 6.26. The molecule has 3 rings (SSSR count). The lowest BCUT2D eigenvalue weighted by molar-refractivity contribution is -0.116. The molecule has 0 atom stereocenters. The number of ether oxygens (including phenoxy) is 1. The minimum Gasteiger partial charge on any atom is -0.493 e. The van der Waals surface area contributed by atoms with Crippen LogP contribution in [0, 0.1) is 0 Å². The summed E-state index contributed by atoms with van der Waals surface area (Å²) in [6.45, 7) is 1.33. The molecule has 0 radical (unpaired) electrons. The maximum absolute atomic E-state index is 11.7. The number of aromatic amines is 1. The number of nitrogens with one attached hydrogen (secondary N) is 2. The fourth-order valence-electron chi connectivity index (χ4n) is 2.28. The summed E-state index contributed by atoms with van der Waals surface area (Å²) in [7, 11) is 0. The molecular formula is C16H17N3O2. The zero-order chi connectivity index (χ0) is 14.5. The Bertz CT molecular complexity index is 648. The van der Waals surface area contributed by atoms with Crippen LogP contribution in [-0.2, 0) is 17.6 Å². The largest absolute Gasteiger partial charge is 0.493 e. The van der Waals surface area contributed by atoms with Crippen molar-refractivity contribution in [2.75, 3.05) is 13.2 Å². The number of hydrogen-bond donors (Lipinski definition) is 2. The minimum absolute atomic E-state index is 0.0914. The van der Waals surface area contributed by atoms with Crippen LogP contribution in [0.15, 0.2) is 36.8 Å². The molecule has 1 aliphatic heterocycles. The second-order valence-electron chi connectivity index (χ2n) is 4.92. The Labute approximate surface area is 123 Å². The highest BCUT2D eigenvalue weighted by atomic mass is 16.5. The van der Waals surface area contributed by atoms with Gasteiger partial charge in [-0.1, -0.05) is 6.07 Å². The third kappa shape index (κ3) is 3.51. The highest BCUT2D eigenvalue weighted by molar-refractivity contribution is 5.91. The lowest BCUT2D eigenvalue weighted by atomic mass is 10.1. The van der Waals surface area contributed by atoms with Crippen molar-refractivity contribution < 1.29 is 9.53 Å². The average Bonchev–Trinajstić information content (AvgIpc) is 3.15. The van der Waals surface area contributed by atoms with E-state index in [2.05, 4.69) is 21.4 Å². The first kappa shape index (κ1) is 13.4. The van der Waals surface area contributed by atoms with Crippen molar-refractivity contribution in [3.8, 4) is 5.75 Å². The van der Waals surface area contributed by atoms with Crippen molar-refractivity contribution in [1.29, 1.82) is 0 Å². The Morgan fingerprint density at radius 1 is 1.48 bits per heavy atom. The molecule has 1 aromatic heterocycles. The van der Waals surface area contributed by atoms with Crippen LogP contribution in [0.5, 0.6) is 5.75 Å². The number of nitrogens with zero attached hydrogens (tertiary/aromatic N) is 1. The van der Waals surface area contributed by atoms with E-state index in [1.807, 2.05) is 18.2 Å². The van der Waals surface area contributed by atoms with Crippen LogP contribution in [0.4, 0.5) is 0 Å². The molecule has 0 unspecified atom stereocenters. The molecule has 1 amide bonds. The van der Waals surface area contributed by atoms with Gasteiger partial charge in [0.1, 0.15) is 5.75 Å². The van der Waals surface area contributed by atoms with E-state index >= 15 is 0 Å². The van der Waals surface area contributed by atoms with E-state index in [0.29, 0.717) is 6.54 Å². The number of imidazole rings is 1. The van der Waals surface area contributed by atoms with Crippen LogP contribution < -0.4 is 10.1 Å². The van der Waals surface area contributed by atoms with Crippen molar-refractivity contribution in [2.45, 2.75) is 12.8 Å². The second-order valence-corrected chi connectivity index (χ2v) is 4.92. The van der Waals surface area contributed by atoms with E-state index in [9.17, 15) is 4.79 Å². The summed E-state index contributed by atoms with van der Waals surface area (Å²) in [5.74, 6) is 0.863. The van der Waals surface area contributed by atoms with Crippen LogP contribution in [0.2, 0.25) is 0 Å². The monoisotopic (exact) mass is 283 g/mol. The molecule has 0 fully saturated rings. The van der Waals surface area contributed by atoms with E-state index in [4.69, 9.17) is 4.74 Å². The topological polar surface area (TPSA) is 67.0 Å². The normalized spacial score (nSPS) is 13.1. The van der Waals surface area contributed by atoms with Gasteiger partial charge in [-0.2, -0.15) is 0 Å². The lowest BCUT2D eigenvalue weighted by Crippen LogP contribution is -2.23. The first-order valence-corrected chi connectivity index (χ1v) is 7.00. The predicted molar refractivity (Wildman–Crippen MR) is 80.0 cm³/mol. The van der Waals surface area contributed by atoms with Crippen molar-refractivity contribution >= 4 is 12.0 Å². The maximum atomic E-state index is 11.7. The molecule has 0 bridgehead atoms. The van der Waals surface area contributed by atoms with E-state index in [0.717, 1.165) is 36.5 Å². The van der Waals surface area contributed by atoms with Gasteiger partial charge in [-0.05, 0) is 29.3 Å². The summed E-state index contributed by atoms with van der Waals surface area (Å²) >= 11 is 0. The van der Waals surface area contributed by atoms with Gasteiger partial charge in [0.05, 0.1) is 12.9 Å². The molecule has 0 spiro atoms. The summed E-state index contributed by atoms with van der Waals surface area (Å²) in [6, 6.07) is 5.98. The van der Waals surface area contributed by atoms with Crippen LogP contribution in [0.25, 0.3) is 6.08 Å². The Morgan fingerprint density at radius 2 is 2.43 bits per heavy atom. The summed E-state index contributed by atoms with van der Waals surface area (Å²) in [6.07, 6.45) is 8.46. The summed E-state index contributed by atoms with van der Waals surface area (Å²) < 4.78 is 5.46. The number of hydrogen-bond acceptors (Lipinski definition) is 3. The third-order valence-electron chi connectivity index (χ3n) is 3.39. The number of H-pyrrole nitrogens is 1. The Hall–Kier alpha value is -2.56. The first-order valence-electron chi connectivity index (χ1n) is 7.00. The highest BCUT2D eigenvalue weighted by Crippen LogP contribution is 2.26. The smallest absolute Gasteiger partial charge is 0.244 e. The molecule has 5 nitrogen and oxygen atoms in total. The van der Waals surface area contributed by atoms with Gasteiger partial charge < -0.3 is 15.0 Å². The van der Waals surface area contributed by atoms with Crippen LogP contribution in [0.1, 0.15) is 16.8 Å². The molecule has 0 saturated carbocycles. The van der Waals surface area contributed by atoms with E-state index in [-0.39, 0.29) is 5.91 Å². The van der Waals surface area contributed by atoms with E-state index in [1.165, 1.54) is 5.56 Å². The molecular weight excluding hydrogens is 266 g/mol. The fraction of sp³-hybridized carbons (Fsp3) is 0.250. The van der Waals surface area contributed by atoms with E-state index < -0.39 is 0 Å². The van der Waals surface area contributed by atoms with Gasteiger partial charge in [0.2, 0.25) is 5.91 Å². The Morgan fingerprint density at radius 3 is 3.29 bits per heavy atom. The van der Waals surface area contributed by atoms with Crippen molar-refractivity contribution in [3.05, 3.63) is 53.6 Å². The number of benzene rings is 1. The number of rotatable bonds is 5. The van der Waals surface area contributed by atoms with Crippen LogP contribution >= 0.6 is 0 Å². The van der Waals surface area contributed by atoms with E-state index in [1.54, 1.807) is 18.6 Å². The summed E-state index contributed by atoms with van der Waals surface area (Å²) in [4.78, 5) is 18.7. The van der Waals surface area contributed by atoms with Gasteiger partial charge in [-0.3, -0.25) is 4.79 Å². The van der Waals surface area contributed by atoms with Crippen molar-refractivity contribution in [3.63, 3.8) is 0 Å². The number of carbonyl (C=O) groups is 1. The predicted octanol–water partition coefficient (Wildman–Crippen LogP) is 1.72. The van der Waals surface area contributed by atoms with Gasteiger partial charge in [0.15, 0.2) is 0 Å². The van der Waals surface area contributed by atoms with Crippen LogP contribution in [0.3, 0.4) is 0 Å². The minimum atomic E-state index is -0.0914. The molecule has 1 aromatic carbocycles. The standard InChI is InChI=1S/C16H17N3O2/c20-16(18-7-5-14-10-17-11-19-14)4-2-12-1-3-15-13(9-12)6-8-21-15/h1-4,9-11H,5-8H2,(H,17,19)(H,18,20). The van der Waals surface area contributed by atoms with Gasteiger partial charge >= 0.3 is 0 Å². The molecule has 0 aliphatic carbocycles. The molecule has 2 N–H and O–H groups in total. The quantitative estimate of drug-likeness (QED) is 0.821. The molecule has 2 heterocycles. The SMILES string of the molecule is O=C(C=Cc1ccc2c(c1)CCO2)NCCc1cnc[nH]1. The number of amides is 1. The number of carbonyl (C=O) groups excluding carboxylic acids is 1. The number of aromatic nitrogens is 2. The molecule has 0 saturated heterocycles. The summed E-state index contributed by atoms with van der Waals surface area (Å²) in [5, 5.41) is 2.85. The Kier molecular flexibility index (Phi) is 4.00. The van der Waals surface area contributed by atoms with Crippen molar-refractivity contribution in [2.24, 2.45) is 0 Å². The van der Waals surface area contributed by atoms with Gasteiger partial charge in [0.25, 0.3) is 0 Å².